The van der Waals surface area contributed by atoms with E-state index >= 15 is 0 Å². The Kier molecular flexibility index (Phi) is 2.98. The number of nitrogens with one attached hydrogen (secondary N) is 1. The SMILES string of the molecule is Cc1ccn2c(CC3CCNC3)nc(C(=O)O)c2c1. The molecule has 0 saturated carbocycles. The fourth-order valence-corrected chi connectivity index (χ4v) is 2.70. The van der Waals surface area contributed by atoms with E-state index in [0.717, 1.165) is 37.3 Å². The summed E-state index contributed by atoms with van der Waals surface area (Å²) in [5.74, 6) is 0.438. The molecule has 1 atom stereocenters. The normalized spacial score (nSPS) is 19.1. The second-order valence-corrected chi connectivity index (χ2v) is 5.20. The third-order valence-corrected chi connectivity index (χ3v) is 3.71. The lowest BCUT2D eigenvalue weighted by Crippen LogP contribution is -2.12. The molecule has 1 aliphatic heterocycles. The summed E-state index contributed by atoms with van der Waals surface area (Å²) in [5, 5.41) is 12.6. The van der Waals surface area contributed by atoms with Crippen LogP contribution in [0.2, 0.25) is 0 Å². The molecule has 0 radical (unpaired) electrons. The Bertz CT molecular complexity index is 627. The van der Waals surface area contributed by atoms with E-state index in [9.17, 15) is 9.90 Å². The first-order chi connectivity index (χ1) is 9.15. The zero-order chi connectivity index (χ0) is 13.4. The van der Waals surface area contributed by atoms with Crippen molar-refractivity contribution in [3.05, 3.63) is 35.4 Å². The highest BCUT2D eigenvalue weighted by molar-refractivity contribution is 5.93. The van der Waals surface area contributed by atoms with Gasteiger partial charge in [0.05, 0.1) is 5.52 Å². The fourth-order valence-electron chi connectivity index (χ4n) is 2.70. The summed E-state index contributed by atoms with van der Waals surface area (Å²) in [6.07, 6.45) is 3.87. The molecule has 0 spiro atoms. The van der Waals surface area contributed by atoms with Gasteiger partial charge in [0.15, 0.2) is 5.69 Å². The van der Waals surface area contributed by atoms with Crippen LogP contribution in [-0.2, 0) is 6.42 Å². The molecule has 0 aromatic carbocycles. The molecule has 100 valence electrons. The molecule has 0 aliphatic carbocycles. The van der Waals surface area contributed by atoms with Gasteiger partial charge in [0.2, 0.25) is 0 Å². The van der Waals surface area contributed by atoms with Gasteiger partial charge in [-0.3, -0.25) is 0 Å². The molecular formula is C14H17N3O2. The predicted octanol–water partition coefficient (Wildman–Crippen LogP) is 1.49. The predicted molar refractivity (Wildman–Crippen MR) is 71.6 cm³/mol. The molecule has 1 fully saturated rings. The van der Waals surface area contributed by atoms with Gasteiger partial charge in [-0.15, -0.1) is 0 Å². The molecule has 3 heterocycles. The molecule has 2 N–H and O–H groups in total. The lowest BCUT2D eigenvalue weighted by Gasteiger charge is -2.07. The number of aromatic nitrogens is 2. The molecule has 0 amide bonds. The van der Waals surface area contributed by atoms with Crippen molar-refractivity contribution in [1.29, 1.82) is 0 Å². The van der Waals surface area contributed by atoms with Crippen LogP contribution in [0.4, 0.5) is 0 Å². The van der Waals surface area contributed by atoms with Gasteiger partial charge in [0.25, 0.3) is 0 Å². The van der Waals surface area contributed by atoms with Crippen LogP contribution in [0.25, 0.3) is 5.52 Å². The van der Waals surface area contributed by atoms with Crippen molar-refractivity contribution in [2.45, 2.75) is 19.8 Å². The van der Waals surface area contributed by atoms with Crippen LogP contribution in [0.1, 0.15) is 28.3 Å². The number of hydrogen-bond donors (Lipinski definition) is 2. The Hall–Kier alpha value is -1.88. The van der Waals surface area contributed by atoms with Gasteiger partial charge in [-0.25, -0.2) is 9.78 Å². The number of carbonyl (C=O) groups is 1. The summed E-state index contributed by atoms with van der Waals surface area (Å²) in [5.41, 5.74) is 1.89. The monoisotopic (exact) mass is 259 g/mol. The molecule has 2 aromatic heterocycles. The number of hydrogen-bond acceptors (Lipinski definition) is 3. The molecule has 1 unspecified atom stereocenters. The van der Waals surface area contributed by atoms with E-state index < -0.39 is 5.97 Å². The number of pyridine rings is 1. The number of carboxylic acid groups (broad SMARTS) is 1. The minimum atomic E-state index is -0.959. The van der Waals surface area contributed by atoms with Crippen LogP contribution in [-0.4, -0.2) is 33.6 Å². The Balaban J connectivity index is 2.06. The second-order valence-electron chi connectivity index (χ2n) is 5.20. The average molecular weight is 259 g/mol. The third-order valence-electron chi connectivity index (χ3n) is 3.71. The van der Waals surface area contributed by atoms with Gasteiger partial charge in [0, 0.05) is 12.6 Å². The Morgan fingerprint density at radius 1 is 1.63 bits per heavy atom. The van der Waals surface area contributed by atoms with Gasteiger partial charge in [-0.2, -0.15) is 0 Å². The third kappa shape index (κ3) is 2.21. The van der Waals surface area contributed by atoms with E-state index in [0.29, 0.717) is 11.4 Å². The van der Waals surface area contributed by atoms with Gasteiger partial charge in [-0.05, 0) is 50.0 Å². The van der Waals surface area contributed by atoms with Gasteiger partial charge >= 0.3 is 5.97 Å². The first-order valence-corrected chi connectivity index (χ1v) is 6.57. The van der Waals surface area contributed by atoms with Crippen molar-refractivity contribution in [2.24, 2.45) is 5.92 Å². The van der Waals surface area contributed by atoms with Gasteiger partial charge in [0.1, 0.15) is 5.82 Å². The van der Waals surface area contributed by atoms with Crippen LogP contribution in [0.3, 0.4) is 0 Å². The molecule has 2 aromatic rings. The van der Waals surface area contributed by atoms with Crippen LogP contribution in [0.5, 0.6) is 0 Å². The number of fused-ring (bicyclic) bond motifs is 1. The van der Waals surface area contributed by atoms with E-state index in [1.54, 1.807) is 0 Å². The maximum Gasteiger partial charge on any atom is 0.356 e. The molecule has 19 heavy (non-hydrogen) atoms. The quantitative estimate of drug-likeness (QED) is 0.876. The molecule has 5 nitrogen and oxygen atoms in total. The lowest BCUT2D eigenvalue weighted by atomic mass is 10.0. The standard InChI is InChI=1S/C14H17N3O2/c1-9-3-5-17-11(6-9)13(14(18)19)16-12(17)7-10-2-4-15-8-10/h3,5-6,10,15H,2,4,7-8H2,1H3,(H,18,19). The molecule has 3 rings (SSSR count). The van der Waals surface area contributed by atoms with Crippen molar-refractivity contribution < 1.29 is 9.90 Å². The summed E-state index contributed by atoms with van der Waals surface area (Å²) in [7, 11) is 0. The van der Waals surface area contributed by atoms with Crippen molar-refractivity contribution in [2.75, 3.05) is 13.1 Å². The Labute approximate surface area is 111 Å². The van der Waals surface area contributed by atoms with E-state index in [1.165, 1.54) is 0 Å². The van der Waals surface area contributed by atoms with Crippen molar-refractivity contribution >= 4 is 11.5 Å². The molecule has 1 saturated heterocycles. The first kappa shape index (κ1) is 12.2. The number of rotatable bonds is 3. The maximum absolute atomic E-state index is 11.3. The van der Waals surface area contributed by atoms with Crippen LogP contribution in [0.15, 0.2) is 18.3 Å². The van der Waals surface area contributed by atoms with Crippen LogP contribution >= 0.6 is 0 Å². The molecule has 1 aliphatic rings. The first-order valence-electron chi connectivity index (χ1n) is 6.57. The summed E-state index contributed by atoms with van der Waals surface area (Å²) in [6, 6.07) is 3.86. The average Bonchev–Trinajstić information content (AvgIpc) is 2.97. The van der Waals surface area contributed by atoms with E-state index in [1.807, 2.05) is 29.7 Å². The minimum absolute atomic E-state index is 0.157. The molecule has 0 bridgehead atoms. The fraction of sp³-hybridized carbons (Fsp3) is 0.429. The highest BCUT2D eigenvalue weighted by Crippen LogP contribution is 2.20. The summed E-state index contributed by atoms with van der Waals surface area (Å²) < 4.78 is 1.91. The summed E-state index contributed by atoms with van der Waals surface area (Å²) >= 11 is 0. The van der Waals surface area contributed by atoms with E-state index in [2.05, 4.69) is 10.3 Å². The van der Waals surface area contributed by atoms with Crippen molar-refractivity contribution in [3.63, 3.8) is 0 Å². The number of imidazole rings is 1. The minimum Gasteiger partial charge on any atom is -0.476 e. The topological polar surface area (TPSA) is 66.6 Å². The van der Waals surface area contributed by atoms with Gasteiger partial charge in [-0.1, -0.05) is 0 Å². The Morgan fingerprint density at radius 3 is 3.16 bits per heavy atom. The largest absolute Gasteiger partial charge is 0.476 e. The van der Waals surface area contributed by atoms with E-state index in [4.69, 9.17) is 0 Å². The molecular weight excluding hydrogens is 242 g/mol. The highest BCUT2D eigenvalue weighted by atomic mass is 16.4. The number of nitrogens with zero attached hydrogens (tertiary/aromatic N) is 2. The van der Waals surface area contributed by atoms with Crippen LogP contribution < -0.4 is 5.32 Å². The number of aromatic carboxylic acids is 1. The lowest BCUT2D eigenvalue weighted by molar-refractivity contribution is 0.0693. The maximum atomic E-state index is 11.3. The van der Waals surface area contributed by atoms with Crippen molar-refractivity contribution in [3.8, 4) is 0 Å². The summed E-state index contributed by atoms with van der Waals surface area (Å²) in [4.78, 5) is 15.6. The number of aryl methyl sites for hydroxylation is 1. The highest BCUT2D eigenvalue weighted by Gasteiger charge is 2.21. The summed E-state index contributed by atoms with van der Waals surface area (Å²) in [6.45, 7) is 3.99. The zero-order valence-corrected chi connectivity index (χ0v) is 10.9. The zero-order valence-electron chi connectivity index (χ0n) is 10.9. The smallest absolute Gasteiger partial charge is 0.356 e. The van der Waals surface area contributed by atoms with Crippen molar-refractivity contribution in [1.82, 2.24) is 14.7 Å². The molecule has 5 heteroatoms. The Morgan fingerprint density at radius 2 is 2.47 bits per heavy atom. The number of carboxylic acids is 1. The van der Waals surface area contributed by atoms with Crippen LogP contribution in [0, 0.1) is 12.8 Å². The van der Waals surface area contributed by atoms with E-state index in [-0.39, 0.29) is 5.69 Å². The second kappa shape index (κ2) is 4.66. The van der Waals surface area contributed by atoms with Gasteiger partial charge < -0.3 is 14.8 Å².